The standard InChI is InChI=1S/C18H22N2O.ClH/c1-3-19(4-2)15-18(21)20(16-11-7-5-8-12-16)17-13-9-6-10-14-17;/h5-14H,3-4,15H2,1-2H3;1H. The highest BCUT2D eigenvalue weighted by Gasteiger charge is 2.19. The molecule has 1 amide bonds. The first-order valence-electron chi connectivity index (χ1n) is 7.41. The van der Waals surface area contributed by atoms with Crippen LogP contribution in [0.4, 0.5) is 11.4 Å². The van der Waals surface area contributed by atoms with Gasteiger partial charge in [-0.25, -0.2) is 0 Å². The van der Waals surface area contributed by atoms with Crippen LogP contribution in [0, 0.1) is 0 Å². The lowest BCUT2D eigenvalue weighted by molar-refractivity contribution is -0.119. The lowest BCUT2D eigenvalue weighted by Gasteiger charge is -2.26. The molecule has 2 aromatic rings. The third-order valence-corrected chi connectivity index (χ3v) is 3.53. The normalized spacial score (nSPS) is 10.1. The molecule has 118 valence electrons. The van der Waals surface area contributed by atoms with Crippen LogP contribution in [0.2, 0.25) is 0 Å². The van der Waals surface area contributed by atoms with Crippen LogP contribution in [0.5, 0.6) is 0 Å². The van der Waals surface area contributed by atoms with E-state index < -0.39 is 0 Å². The molecule has 0 aromatic heterocycles. The van der Waals surface area contributed by atoms with Gasteiger partial charge in [0, 0.05) is 11.4 Å². The molecule has 0 saturated heterocycles. The second kappa shape index (κ2) is 9.23. The minimum absolute atomic E-state index is 0. The first kappa shape index (κ1) is 18.2. The summed E-state index contributed by atoms with van der Waals surface area (Å²) in [6.07, 6.45) is 0. The van der Waals surface area contributed by atoms with Crippen molar-refractivity contribution in [1.29, 1.82) is 0 Å². The molecule has 22 heavy (non-hydrogen) atoms. The van der Waals surface area contributed by atoms with Crippen LogP contribution in [-0.2, 0) is 4.79 Å². The number of hydrogen-bond donors (Lipinski definition) is 0. The summed E-state index contributed by atoms with van der Waals surface area (Å²) in [4.78, 5) is 16.7. The molecule has 0 aliphatic heterocycles. The summed E-state index contributed by atoms with van der Waals surface area (Å²) in [5.41, 5.74) is 1.81. The van der Waals surface area contributed by atoms with Gasteiger partial charge in [-0.2, -0.15) is 0 Å². The molecule has 0 atom stereocenters. The number of carbonyl (C=O) groups is 1. The number of nitrogens with zero attached hydrogens (tertiary/aromatic N) is 2. The summed E-state index contributed by atoms with van der Waals surface area (Å²) in [5.74, 6) is 0.0936. The molecule has 0 fully saturated rings. The van der Waals surface area contributed by atoms with Crippen molar-refractivity contribution in [1.82, 2.24) is 4.90 Å². The van der Waals surface area contributed by atoms with Gasteiger partial charge in [0.15, 0.2) is 0 Å². The highest BCUT2D eigenvalue weighted by molar-refractivity contribution is 6.01. The molecule has 2 rings (SSSR count). The van der Waals surface area contributed by atoms with E-state index in [1.807, 2.05) is 60.7 Å². The molecule has 0 saturated carbocycles. The number of likely N-dealkylation sites (N-methyl/N-ethyl adjacent to an activating group) is 1. The number of halogens is 1. The fourth-order valence-corrected chi connectivity index (χ4v) is 2.30. The zero-order valence-electron chi connectivity index (χ0n) is 13.1. The first-order chi connectivity index (χ1) is 10.3. The van der Waals surface area contributed by atoms with Gasteiger partial charge in [0.05, 0.1) is 6.54 Å². The number of anilines is 2. The highest BCUT2D eigenvalue weighted by Crippen LogP contribution is 2.25. The summed E-state index contributed by atoms with van der Waals surface area (Å²) < 4.78 is 0. The van der Waals surface area contributed by atoms with E-state index in [1.165, 1.54) is 0 Å². The van der Waals surface area contributed by atoms with Crippen LogP contribution in [0.25, 0.3) is 0 Å². The quantitative estimate of drug-likeness (QED) is 0.800. The molecule has 0 spiro atoms. The van der Waals surface area contributed by atoms with Gasteiger partial charge in [0.2, 0.25) is 5.91 Å². The van der Waals surface area contributed by atoms with Crippen molar-refractivity contribution in [3.63, 3.8) is 0 Å². The number of benzene rings is 2. The third-order valence-electron chi connectivity index (χ3n) is 3.53. The van der Waals surface area contributed by atoms with Crippen LogP contribution in [-0.4, -0.2) is 30.4 Å². The van der Waals surface area contributed by atoms with Gasteiger partial charge >= 0.3 is 0 Å². The van der Waals surface area contributed by atoms with E-state index in [1.54, 1.807) is 4.90 Å². The Balaban J connectivity index is 0.00000242. The van der Waals surface area contributed by atoms with E-state index >= 15 is 0 Å². The molecule has 3 nitrogen and oxygen atoms in total. The zero-order chi connectivity index (χ0) is 15.1. The Morgan fingerprint density at radius 3 is 1.59 bits per heavy atom. The molecule has 4 heteroatoms. The van der Waals surface area contributed by atoms with E-state index in [0.717, 1.165) is 24.5 Å². The maximum Gasteiger partial charge on any atom is 0.245 e. The predicted molar refractivity (Wildman–Crippen MR) is 95.1 cm³/mol. The van der Waals surface area contributed by atoms with Crippen molar-refractivity contribution in [2.75, 3.05) is 24.5 Å². The number of rotatable bonds is 6. The Morgan fingerprint density at radius 2 is 1.23 bits per heavy atom. The maximum absolute atomic E-state index is 12.8. The molecule has 0 radical (unpaired) electrons. The number of hydrogen-bond acceptors (Lipinski definition) is 2. The minimum atomic E-state index is 0. The second-order valence-electron chi connectivity index (χ2n) is 4.86. The third kappa shape index (κ3) is 4.58. The minimum Gasteiger partial charge on any atom is -0.295 e. The molecule has 0 heterocycles. The van der Waals surface area contributed by atoms with E-state index in [9.17, 15) is 4.79 Å². The lowest BCUT2D eigenvalue weighted by atomic mass is 10.2. The number of para-hydroxylation sites is 2. The monoisotopic (exact) mass is 318 g/mol. The van der Waals surface area contributed by atoms with Crippen LogP contribution in [0.15, 0.2) is 60.7 Å². The fourth-order valence-electron chi connectivity index (χ4n) is 2.30. The second-order valence-corrected chi connectivity index (χ2v) is 4.86. The maximum atomic E-state index is 12.8. The predicted octanol–water partition coefficient (Wildman–Crippen LogP) is 4.11. The van der Waals surface area contributed by atoms with E-state index in [-0.39, 0.29) is 18.3 Å². The average Bonchev–Trinajstić information content (AvgIpc) is 2.55. The zero-order valence-corrected chi connectivity index (χ0v) is 13.9. The van der Waals surface area contributed by atoms with E-state index in [4.69, 9.17) is 0 Å². The van der Waals surface area contributed by atoms with Crippen LogP contribution in [0.1, 0.15) is 13.8 Å². The molecular weight excluding hydrogens is 296 g/mol. The lowest BCUT2D eigenvalue weighted by Crippen LogP contribution is -2.38. The fraction of sp³-hybridized carbons (Fsp3) is 0.278. The van der Waals surface area contributed by atoms with Crippen LogP contribution < -0.4 is 4.90 Å². The molecule has 0 N–H and O–H groups in total. The Kier molecular flexibility index (Phi) is 7.64. The summed E-state index contributed by atoms with van der Waals surface area (Å²) in [7, 11) is 0. The average molecular weight is 319 g/mol. The largest absolute Gasteiger partial charge is 0.295 e. The first-order valence-corrected chi connectivity index (χ1v) is 7.41. The Bertz CT molecular complexity index is 516. The summed E-state index contributed by atoms with van der Waals surface area (Å²) in [6.45, 7) is 6.33. The van der Waals surface area contributed by atoms with E-state index in [2.05, 4.69) is 18.7 Å². The number of amides is 1. The summed E-state index contributed by atoms with van der Waals surface area (Å²) in [6, 6.07) is 19.6. The Hall–Kier alpha value is -1.84. The van der Waals surface area contributed by atoms with Crippen LogP contribution >= 0.6 is 12.4 Å². The molecule has 0 bridgehead atoms. The van der Waals surface area contributed by atoms with Gasteiger partial charge in [-0.1, -0.05) is 50.2 Å². The van der Waals surface area contributed by atoms with Gasteiger partial charge in [-0.15, -0.1) is 12.4 Å². The van der Waals surface area contributed by atoms with Crippen molar-refractivity contribution < 1.29 is 4.79 Å². The van der Waals surface area contributed by atoms with E-state index in [0.29, 0.717) is 6.54 Å². The molecule has 0 aliphatic rings. The van der Waals surface area contributed by atoms with Gasteiger partial charge < -0.3 is 0 Å². The molecule has 0 aliphatic carbocycles. The molecule has 2 aromatic carbocycles. The molecule has 0 unspecified atom stereocenters. The van der Waals surface area contributed by atoms with Crippen molar-refractivity contribution >= 4 is 29.7 Å². The van der Waals surface area contributed by atoms with Gasteiger partial charge in [0.25, 0.3) is 0 Å². The summed E-state index contributed by atoms with van der Waals surface area (Å²) in [5, 5.41) is 0. The smallest absolute Gasteiger partial charge is 0.245 e. The van der Waals surface area contributed by atoms with Crippen molar-refractivity contribution in [2.45, 2.75) is 13.8 Å². The van der Waals surface area contributed by atoms with Gasteiger partial charge in [-0.05, 0) is 37.4 Å². The van der Waals surface area contributed by atoms with Crippen molar-refractivity contribution in [2.24, 2.45) is 0 Å². The van der Waals surface area contributed by atoms with Crippen molar-refractivity contribution in [3.05, 3.63) is 60.7 Å². The van der Waals surface area contributed by atoms with Crippen molar-refractivity contribution in [3.8, 4) is 0 Å². The summed E-state index contributed by atoms with van der Waals surface area (Å²) >= 11 is 0. The van der Waals surface area contributed by atoms with Crippen LogP contribution in [0.3, 0.4) is 0 Å². The Labute approximate surface area is 139 Å². The number of carbonyl (C=O) groups excluding carboxylic acids is 1. The molecular formula is C18H23ClN2O. The topological polar surface area (TPSA) is 23.6 Å². The Morgan fingerprint density at radius 1 is 0.818 bits per heavy atom. The van der Waals surface area contributed by atoms with Gasteiger partial charge in [-0.3, -0.25) is 14.6 Å². The highest BCUT2D eigenvalue weighted by atomic mass is 35.5. The SMILES string of the molecule is CCN(CC)CC(=O)N(c1ccccc1)c1ccccc1.Cl. The van der Waals surface area contributed by atoms with Gasteiger partial charge in [0.1, 0.15) is 0 Å².